The molecule has 1 aromatic carbocycles. The molecule has 1 aliphatic carbocycles. The highest BCUT2D eigenvalue weighted by Crippen LogP contribution is 2.40. The maximum absolute atomic E-state index is 13.2. The third-order valence-electron chi connectivity index (χ3n) is 6.63. The van der Waals surface area contributed by atoms with Crippen molar-refractivity contribution in [1.29, 1.82) is 0 Å². The van der Waals surface area contributed by atoms with Crippen LogP contribution in [0.5, 0.6) is 0 Å². The Bertz CT molecular complexity index is 1030. The molecule has 1 atom stereocenters. The number of carbonyl (C=O) groups is 2. The highest BCUT2D eigenvalue weighted by molar-refractivity contribution is 5.99. The summed E-state index contributed by atoms with van der Waals surface area (Å²) in [5.41, 5.74) is 0.187. The number of carbonyl (C=O) groups excluding carboxylic acids is 2. The molecule has 0 spiro atoms. The van der Waals surface area contributed by atoms with Gasteiger partial charge in [-0.25, -0.2) is 0 Å². The maximum atomic E-state index is 13.2. The summed E-state index contributed by atoms with van der Waals surface area (Å²) in [6, 6.07) is 10.2. The molecule has 1 saturated carbocycles. The molecule has 3 rings (SSSR count). The minimum absolute atomic E-state index is 0.0306. The first-order chi connectivity index (χ1) is 16.4. The van der Waals surface area contributed by atoms with Gasteiger partial charge in [-0.3, -0.25) is 14.4 Å². The monoisotopic (exact) mass is 469 g/mol. The minimum atomic E-state index is -0.702. The summed E-state index contributed by atoms with van der Waals surface area (Å²) < 4.78 is 6.73. The molecule has 34 heavy (non-hydrogen) atoms. The predicted octanol–water partition coefficient (Wildman–Crippen LogP) is 2.24. The van der Waals surface area contributed by atoms with Crippen LogP contribution in [0.4, 0.5) is 0 Å². The van der Waals surface area contributed by atoms with Crippen molar-refractivity contribution in [3.05, 3.63) is 69.6 Å². The number of hydrogen-bond acceptors (Lipinski definition) is 5. The van der Waals surface area contributed by atoms with Gasteiger partial charge in [0.05, 0.1) is 12.7 Å². The van der Waals surface area contributed by atoms with E-state index >= 15 is 0 Å². The molecule has 0 radical (unpaired) electrons. The number of aliphatic hydroxyl groups is 1. The summed E-state index contributed by atoms with van der Waals surface area (Å²) in [6.45, 7) is 2.99. The summed E-state index contributed by atoms with van der Waals surface area (Å²) in [5, 5.41) is 15.3. The SMILES string of the molecule is CC[C@H](O)CNC(=O)c1cn(CCOC)cc(C(=O)NCC2(c3ccccc3)CCCC2)c1=O. The number of nitrogens with zero attached hydrogens (tertiary/aromatic N) is 1. The van der Waals surface area contributed by atoms with Gasteiger partial charge in [0.1, 0.15) is 11.1 Å². The Balaban J connectivity index is 1.84. The molecule has 1 aliphatic rings. The average molecular weight is 470 g/mol. The first kappa shape index (κ1) is 25.6. The van der Waals surface area contributed by atoms with Crippen LogP contribution < -0.4 is 16.1 Å². The van der Waals surface area contributed by atoms with Crippen LogP contribution in [-0.4, -0.2) is 54.4 Å². The van der Waals surface area contributed by atoms with Gasteiger partial charge < -0.3 is 25.0 Å². The average Bonchev–Trinajstić information content (AvgIpc) is 3.35. The predicted molar refractivity (Wildman–Crippen MR) is 130 cm³/mol. The lowest BCUT2D eigenvalue weighted by molar-refractivity contribution is 0.0911. The minimum Gasteiger partial charge on any atom is -0.391 e. The van der Waals surface area contributed by atoms with Gasteiger partial charge in [0.25, 0.3) is 11.8 Å². The maximum Gasteiger partial charge on any atom is 0.256 e. The second-order valence-corrected chi connectivity index (χ2v) is 8.95. The zero-order chi connectivity index (χ0) is 24.6. The standard InChI is InChI=1S/C26H35N3O5/c1-3-20(30)15-27-24(32)21-16-29(13-14-34-2)17-22(23(21)31)25(33)28-18-26(11-7-8-12-26)19-9-5-4-6-10-19/h4-6,9-10,16-17,20,30H,3,7-8,11-15,18H2,1-2H3,(H,27,32)(H,28,33)/t20-/m0/s1. The van der Waals surface area contributed by atoms with Crippen LogP contribution >= 0.6 is 0 Å². The zero-order valence-electron chi connectivity index (χ0n) is 20.0. The van der Waals surface area contributed by atoms with Crippen LogP contribution in [-0.2, 0) is 16.7 Å². The van der Waals surface area contributed by atoms with Crippen LogP contribution in [0.1, 0.15) is 65.3 Å². The van der Waals surface area contributed by atoms with Gasteiger partial charge in [0.15, 0.2) is 0 Å². The zero-order valence-corrected chi connectivity index (χ0v) is 20.0. The van der Waals surface area contributed by atoms with Crippen molar-refractivity contribution < 1.29 is 19.4 Å². The van der Waals surface area contributed by atoms with E-state index in [2.05, 4.69) is 22.8 Å². The molecule has 1 heterocycles. The number of hydrogen-bond donors (Lipinski definition) is 3. The largest absolute Gasteiger partial charge is 0.391 e. The Hall–Kier alpha value is -2.97. The number of benzene rings is 1. The van der Waals surface area contributed by atoms with Gasteiger partial charge in [0, 0.05) is 44.6 Å². The molecule has 8 nitrogen and oxygen atoms in total. The fourth-order valence-corrected chi connectivity index (χ4v) is 4.49. The molecule has 2 aromatic rings. The Kier molecular flexibility index (Phi) is 9.01. The topological polar surface area (TPSA) is 110 Å². The van der Waals surface area contributed by atoms with Gasteiger partial charge in [-0.15, -0.1) is 0 Å². The van der Waals surface area contributed by atoms with E-state index in [4.69, 9.17) is 4.74 Å². The van der Waals surface area contributed by atoms with Crippen molar-refractivity contribution in [3.63, 3.8) is 0 Å². The summed E-state index contributed by atoms with van der Waals surface area (Å²) in [5.74, 6) is -1.11. The molecule has 0 saturated heterocycles. The van der Waals surface area contributed by atoms with Crippen LogP contribution in [0.2, 0.25) is 0 Å². The van der Waals surface area contributed by atoms with E-state index < -0.39 is 23.3 Å². The Labute approximate surface area is 200 Å². The van der Waals surface area contributed by atoms with E-state index in [1.165, 1.54) is 18.0 Å². The van der Waals surface area contributed by atoms with Gasteiger partial charge in [-0.2, -0.15) is 0 Å². The third kappa shape index (κ3) is 6.12. The van der Waals surface area contributed by atoms with Crippen molar-refractivity contribution >= 4 is 11.8 Å². The molecule has 0 aliphatic heterocycles. The number of aromatic nitrogens is 1. The molecule has 1 fully saturated rings. The third-order valence-corrected chi connectivity index (χ3v) is 6.63. The Morgan fingerprint density at radius 2 is 1.71 bits per heavy atom. The van der Waals surface area contributed by atoms with E-state index in [0.717, 1.165) is 25.7 Å². The van der Waals surface area contributed by atoms with E-state index in [1.54, 1.807) is 18.6 Å². The number of aliphatic hydroxyl groups excluding tert-OH is 1. The molecular formula is C26H35N3O5. The van der Waals surface area contributed by atoms with Gasteiger partial charge in [-0.1, -0.05) is 50.1 Å². The highest BCUT2D eigenvalue weighted by atomic mass is 16.5. The van der Waals surface area contributed by atoms with E-state index in [9.17, 15) is 19.5 Å². The lowest BCUT2D eigenvalue weighted by Crippen LogP contribution is -2.42. The number of rotatable bonds is 11. The van der Waals surface area contributed by atoms with E-state index in [-0.39, 0.29) is 23.1 Å². The van der Waals surface area contributed by atoms with Gasteiger partial charge in [0.2, 0.25) is 5.43 Å². The summed E-state index contributed by atoms with van der Waals surface area (Å²) in [6.07, 6.45) is 6.79. The molecule has 8 heteroatoms. The van der Waals surface area contributed by atoms with Crippen molar-refractivity contribution in [3.8, 4) is 0 Å². The molecule has 3 N–H and O–H groups in total. The lowest BCUT2D eigenvalue weighted by Gasteiger charge is -2.30. The van der Waals surface area contributed by atoms with E-state index in [1.807, 2.05) is 18.2 Å². The smallest absolute Gasteiger partial charge is 0.256 e. The number of amides is 2. The van der Waals surface area contributed by atoms with Crippen LogP contribution in [0.3, 0.4) is 0 Å². The fourth-order valence-electron chi connectivity index (χ4n) is 4.49. The second-order valence-electron chi connectivity index (χ2n) is 8.95. The second kappa shape index (κ2) is 11.9. The lowest BCUT2D eigenvalue weighted by atomic mass is 9.79. The van der Waals surface area contributed by atoms with Gasteiger partial charge in [-0.05, 0) is 24.8 Å². The van der Waals surface area contributed by atoms with Crippen LogP contribution in [0.25, 0.3) is 0 Å². The molecule has 0 bridgehead atoms. The van der Waals surface area contributed by atoms with Crippen LogP contribution in [0, 0.1) is 0 Å². The molecule has 1 aromatic heterocycles. The molecule has 0 unspecified atom stereocenters. The number of methoxy groups -OCH3 is 1. The summed E-state index contributed by atoms with van der Waals surface area (Å²) >= 11 is 0. The van der Waals surface area contributed by atoms with Crippen molar-refractivity contribution in [1.82, 2.24) is 15.2 Å². The van der Waals surface area contributed by atoms with Crippen molar-refractivity contribution in [2.45, 2.75) is 57.1 Å². The molecule has 2 amide bonds. The van der Waals surface area contributed by atoms with Gasteiger partial charge >= 0.3 is 0 Å². The molecule has 184 valence electrons. The number of pyridine rings is 1. The normalized spacial score (nSPS) is 15.6. The summed E-state index contributed by atoms with van der Waals surface area (Å²) in [4.78, 5) is 39.0. The quantitative estimate of drug-likeness (QED) is 0.468. The van der Waals surface area contributed by atoms with Crippen LogP contribution in [0.15, 0.2) is 47.5 Å². The summed E-state index contributed by atoms with van der Waals surface area (Å²) in [7, 11) is 1.56. The van der Waals surface area contributed by atoms with Crippen molar-refractivity contribution in [2.75, 3.05) is 26.8 Å². The Morgan fingerprint density at radius 3 is 2.29 bits per heavy atom. The number of ether oxygens (including phenoxy) is 1. The molecular weight excluding hydrogens is 434 g/mol. The first-order valence-electron chi connectivity index (χ1n) is 11.9. The number of nitrogens with one attached hydrogen (secondary N) is 2. The highest BCUT2D eigenvalue weighted by Gasteiger charge is 2.36. The fraction of sp³-hybridized carbons (Fsp3) is 0.500. The first-order valence-corrected chi connectivity index (χ1v) is 11.9. The van der Waals surface area contributed by atoms with Crippen molar-refractivity contribution in [2.24, 2.45) is 0 Å². The van der Waals surface area contributed by atoms with E-state index in [0.29, 0.717) is 26.1 Å². The Morgan fingerprint density at radius 1 is 1.09 bits per heavy atom.